The number of rotatable bonds is 8. The molecular formula is C23H27N3O5. The summed E-state index contributed by atoms with van der Waals surface area (Å²) in [5, 5.41) is 6.67. The number of aromatic nitrogens is 2. The molecule has 0 fully saturated rings. The van der Waals surface area contributed by atoms with Crippen molar-refractivity contribution in [1.29, 1.82) is 0 Å². The van der Waals surface area contributed by atoms with Crippen molar-refractivity contribution in [2.75, 3.05) is 11.9 Å². The van der Waals surface area contributed by atoms with Gasteiger partial charge in [-0.2, -0.15) is 5.10 Å². The third-order valence-corrected chi connectivity index (χ3v) is 4.71. The number of carbonyl (C=O) groups excluding carboxylic acids is 2. The Balaban J connectivity index is 1.70. The number of anilines is 1. The Hall–Kier alpha value is -3.55. The van der Waals surface area contributed by atoms with Gasteiger partial charge in [0.05, 0.1) is 12.8 Å². The monoisotopic (exact) mass is 425 g/mol. The van der Waals surface area contributed by atoms with Crippen molar-refractivity contribution in [2.45, 2.75) is 40.2 Å². The van der Waals surface area contributed by atoms with E-state index in [-0.39, 0.29) is 30.4 Å². The van der Waals surface area contributed by atoms with E-state index in [4.69, 9.17) is 13.9 Å². The van der Waals surface area contributed by atoms with Gasteiger partial charge in [0.1, 0.15) is 29.5 Å². The average Bonchev–Trinajstić information content (AvgIpc) is 3.34. The van der Waals surface area contributed by atoms with E-state index in [1.165, 1.54) is 10.9 Å². The number of hydrogen-bond acceptors (Lipinski definition) is 6. The van der Waals surface area contributed by atoms with Gasteiger partial charge in [0.15, 0.2) is 5.76 Å². The highest BCUT2D eigenvalue weighted by atomic mass is 16.5. The molecule has 0 saturated carbocycles. The van der Waals surface area contributed by atoms with E-state index in [0.717, 1.165) is 16.9 Å². The maximum Gasteiger partial charge on any atom is 0.343 e. The van der Waals surface area contributed by atoms with Crippen LogP contribution in [0.5, 0.6) is 5.75 Å². The Morgan fingerprint density at radius 3 is 2.71 bits per heavy atom. The molecule has 0 aliphatic rings. The molecule has 0 unspecified atom stereocenters. The Kier molecular flexibility index (Phi) is 6.79. The summed E-state index contributed by atoms with van der Waals surface area (Å²) in [6, 6.07) is 9.36. The molecule has 0 radical (unpaired) electrons. The SMILES string of the molecule is CCOC(=O)c1cnn(C)c1NC(=O)c1ccc(COc2cc(C)ccc2C(C)C)o1. The highest BCUT2D eigenvalue weighted by Gasteiger charge is 2.21. The Morgan fingerprint density at radius 1 is 1.23 bits per heavy atom. The van der Waals surface area contributed by atoms with Gasteiger partial charge in [0.25, 0.3) is 5.91 Å². The normalized spacial score (nSPS) is 10.9. The average molecular weight is 425 g/mol. The van der Waals surface area contributed by atoms with Crippen LogP contribution in [-0.2, 0) is 18.4 Å². The zero-order valence-electron chi connectivity index (χ0n) is 18.4. The van der Waals surface area contributed by atoms with Crippen molar-refractivity contribution in [3.63, 3.8) is 0 Å². The van der Waals surface area contributed by atoms with E-state index in [1.807, 2.05) is 13.0 Å². The molecule has 0 aliphatic heterocycles. The van der Waals surface area contributed by atoms with Gasteiger partial charge < -0.3 is 19.2 Å². The highest BCUT2D eigenvalue weighted by molar-refractivity contribution is 6.05. The van der Waals surface area contributed by atoms with Gasteiger partial charge >= 0.3 is 5.97 Å². The maximum absolute atomic E-state index is 12.6. The fourth-order valence-corrected chi connectivity index (χ4v) is 3.08. The summed E-state index contributed by atoms with van der Waals surface area (Å²) in [6.45, 7) is 8.35. The molecule has 8 heteroatoms. The van der Waals surface area contributed by atoms with Crippen LogP contribution in [-0.4, -0.2) is 28.3 Å². The van der Waals surface area contributed by atoms with Gasteiger partial charge in [0.2, 0.25) is 0 Å². The summed E-state index contributed by atoms with van der Waals surface area (Å²) >= 11 is 0. The van der Waals surface area contributed by atoms with Gasteiger partial charge in [-0.15, -0.1) is 0 Å². The zero-order chi connectivity index (χ0) is 22.5. The van der Waals surface area contributed by atoms with Crippen LogP contribution in [0, 0.1) is 6.92 Å². The summed E-state index contributed by atoms with van der Waals surface area (Å²) < 4.78 is 18.0. The van der Waals surface area contributed by atoms with Gasteiger partial charge in [0, 0.05) is 7.05 Å². The number of nitrogens with one attached hydrogen (secondary N) is 1. The Bertz CT molecular complexity index is 1080. The van der Waals surface area contributed by atoms with Crippen LogP contribution in [0.2, 0.25) is 0 Å². The van der Waals surface area contributed by atoms with Crippen molar-refractivity contribution in [3.8, 4) is 5.75 Å². The summed E-state index contributed by atoms with van der Waals surface area (Å²) in [5.41, 5.74) is 2.39. The molecular weight excluding hydrogens is 398 g/mol. The quantitative estimate of drug-likeness (QED) is 0.536. The number of aryl methyl sites for hydroxylation is 2. The molecule has 2 aromatic heterocycles. The molecule has 0 spiro atoms. The lowest BCUT2D eigenvalue weighted by molar-refractivity contribution is 0.0527. The van der Waals surface area contributed by atoms with Gasteiger partial charge in [-0.1, -0.05) is 26.0 Å². The third kappa shape index (κ3) is 5.14. The molecule has 0 aliphatic carbocycles. The number of furan rings is 1. The van der Waals surface area contributed by atoms with Crippen molar-refractivity contribution >= 4 is 17.7 Å². The van der Waals surface area contributed by atoms with Crippen LogP contribution in [0.3, 0.4) is 0 Å². The van der Waals surface area contributed by atoms with Crippen molar-refractivity contribution in [1.82, 2.24) is 9.78 Å². The minimum absolute atomic E-state index is 0.0999. The molecule has 1 aromatic carbocycles. The van der Waals surface area contributed by atoms with E-state index in [9.17, 15) is 9.59 Å². The molecule has 0 bridgehead atoms. The van der Waals surface area contributed by atoms with E-state index in [2.05, 4.69) is 36.4 Å². The topological polar surface area (TPSA) is 95.6 Å². The number of esters is 1. The van der Waals surface area contributed by atoms with E-state index in [0.29, 0.717) is 11.7 Å². The first-order valence-electron chi connectivity index (χ1n) is 10.1. The molecule has 3 aromatic rings. The van der Waals surface area contributed by atoms with Crippen molar-refractivity contribution in [3.05, 3.63) is 64.7 Å². The number of carbonyl (C=O) groups is 2. The lowest BCUT2D eigenvalue weighted by Crippen LogP contribution is -2.17. The van der Waals surface area contributed by atoms with Gasteiger partial charge in [-0.3, -0.25) is 9.48 Å². The van der Waals surface area contributed by atoms with Gasteiger partial charge in [-0.05, 0) is 49.1 Å². The first kappa shape index (κ1) is 22.1. The van der Waals surface area contributed by atoms with Crippen molar-refractivity contribution < 1.29 is 23.5 Å². The van der Waals surface area contributed by atoms with Crippen LogP contribution in [0.1, 0.15) is 64.5 Å². The lowest BCUT2D eigenvalue weighted by atomic mass is 10.0. The Labute approximate surface area is 181 Å². The summed E-state index contributed by atoms with van der Waals surface area (Å²) in [6.07, 6.45) is 1.35. The Morgan fingerprint density at radius 2 is 2.00 bits per heavy atom. The second-order valence-corrected chi connectivity index (χ2v) is 7.46. The predicted molar refractivity (Wildman–Crippen MR) is 115 cm³/mol. The second kappa shape index (κ2) is 9.51. The summed E-state index contributed by atoms with van der Waals surface area (Å²) in [5.74, 6) is 0.906. The molecule has 31 heavy (non-hydrogen) atoms. The van der Waals surface area contributed by atoms with Crippen LogP contribution >= 0.6 is 0 Å². The largest absolute Gasteiger partial charge is 0.485 e. The maximum atomic E-state index is 12.6. The van der Waals surface area contributed by atoms with Crippen LogP contribution in [0.25, 0.3) is 0 Å². The van der Waals surface area contributed by atoms with Gasteiger partial charge in [-0.25, -0.2) is 4.79 Å². The predicted octanol–water partition coefficient (Wildman–Crippen LogP) is 4.45. The lowest BCUT2D eigenvalue weighted by Gasteiger charge is -2.14. The van der Waals surface area contributed by atoms with E-state index < -0.39 is 11.9 Å². The minimum atomic E-state index is -0.557. The fraction of sp³-hybridized carbons (Fsp3) is 0.348. The number of nitrogens with zero attached hydrogens (tertiary/aromatic N) is 2. The first-order chi connectivity index (χ1) is 14.8. The number of amides is 1. The number of benzene rings is 1. The van der Waals surface area contributed by atoms with Crippen LogP contribution in [0.15, 0.2) is 40.9 Å². The van der Waals surface area contributed by atoms with Crippen molar-refractivity contribution in [2.24, 2.45) is 7.05 Å². The molecule has 2 heterocycles. The van der Waals surface area contributed by atoms with Crippen LogP contribution in [0.4, 0.5) is 5.82 Å². The number of hydrogen-bond donors (Lipinski definition) is 1. The van der Waals surface area contributed by atoms with E-state index >= 15 is 0 Å². The molecule has 0 atom stereocenters. The number of ether oxygens (including phenoxy) is 2. The molecule has 8 nitrogen and oxygen atoms in total. The molecule has 164 valence electrons. The summed E-state index contributed by atoms with van der Waals surface area (Å²) in [4.78, 5) is 24.7. The fourth-order valence-electron chi connectivity index (χ4n) is 3.08. The minimum Gasteiger partial charge on any atom is -0.485 e. The molecule has 3 rings (SSSR count). The molecule has 1 amide bonds. The molecule has 1 N–H and O–H groups in total. The second-order valence-electron chi connectivity index (χ2n) is 7.46. The zero-order valence-corrected chi connectivity index (χ0v) is 18.4. The third-order valence-electron chi connectivity index (χ3n) is 4.71. The highest BCUT2D eigenvalue weighted by Crippen LogP contribution is 2.28. The summed E-state index contributed by atoms with van der Waals surface area (Å²) in [7, 11) is 1.62. The smallest absolute Gasteiger partial charge is 0.343 e. The standard InChI is InChI=1S/C23H27N3O5/c1-6-29-23(28)18-12-24-26(5)21(18)25-22(27)19-10-8-16(31-19)13-30-20-11-15(4)7-9-17(20)14(2)3/h7-12,14H,6,13H2,1-5H3,(H,25,27). The molecule has 0 saturated heterocycles. The first-order valence-corrected chi connectivity index (χ1v) is 10.1. The van der Waals surface area contributed by atoms with Crippen LogP contribution < -0.4 is 10.1 Å². The van der Waals surface area contributed by atoms with E-state index in [1.54, 1.807) is 26.1 Å².